The average molecular weight is 616 g/mol. The topological polar surface area (TPSA) is 88.4 Å². The summed E-state index contributed by atoms with van der Waals surface area (Å²) in [5, 5.41) is 0. The van der Waals surface area contributed by atoms with Gasteiger partial charge in [0.1, 0.15) is 5.75 Å². The summed E-state index contributed by atoms with van der Waals surface area (Å²) in [4.78, 5) is 32.2. The van der Waals surface area contributed by atoms with Gasteiger partial charge in [0.05, 0.1) is 48.3 Å². The smallest absolute Gasteiger partial charge is 0.338 e. The zero-order valence-electron chi connectivity index (χ0n) is 22.7. The molecule has 4 rings (SSSR count). The molecular weight excluding hydrogens is 584 g/mol. The summed E-state index contributed by atoms with van der Waals surface area (Å²) in [6.45, 7) is 9.96. The fourth-order valence-electron chi connectivity index (χ4n) is 4.34. The second-order valence-electron chi connectivity index (χ2n) is 9.00. The minimum atomic E-state index is -0.789. The van der Waals surface area contributed by atoms with Crippen LogP contribution in [0.25, 0.3) is 6.08 Å². The number of esters is 1. The third-order valence-electron chi connectivity index (χ3n) is 5.94. The number of hydrogen-bond acceptors (Lipinski definition) is 8. The molecule has 0 aliphatic carbocycles. The molecule has 10 heteroatoms. The summed E-state index contributed by atoms with van der Waals surface area (Å²) < 4.78 is 25.1. The number of fused-ring (bicyclic) bond motifs is 1. The first-order valence-electron chi connectivity index (χ1n) is 12.6. The third kappa shape index (κ3) is 5.96. The second kappa shape index (κ2) is 12.2. The Morgan fingerprint density at radius 2 is 1.87 bits per heavy atom. The molecule has 0 bridgehead atoms. The van der Waals surface area contributed by atoms with Gasteiger partial charge >= 0.3 is 5.97 Å². The van der Waals surface area contributed by atoms with Crippen molar-refractivity contribution < 1.29 is 23.7 Å². The molecule has 1 atom stereocenters. The first-order valence-corrected chi connectivity index (χ1v) is 14.3. The Balaban J connectivity index is 1.92. The second-order valence-corrected chi connectivity index (χ2v) is 10.9. The third-order valence-corrected chi connectivity index (χ3v) is 7.61. The summed E-state index contributed by atoms with van der Waals surface area (Å²) in [5.74, 6) is 1.26. The highest BCUT2D eigenvalue weighted by Gasteiger charge is 2.35. The van der Waals surface area contributed by atoms with E-state index in [0.717, 1.165) is 11.3 Å². The van der Waals surface area contributed by atoms with E-state index in [4.69, 9.17) is 18.9 Å². The summed E-state index contributed by atoms with van der Waals surface area (Å²) >= 11 is 4.91. The van der Waals surface area contributed by atoms with E-state index in [1.165, 1.54) is 11.3 Å². The van der Waals surface area contributed by atoms with Crippen LogP contribution in [0.2, 0.25) is 0 Å². The zero-order chi connectivity index (χ0) is 28.3. The summed E-state index contributed by atoms with van der Waals surface area (Å²) in [7, 11) is 1.55. The number of halogens is 1. The molecule has 0 fully saturated rings. The molecule has 1 aromatic heterocycles. The van der Waals surface area contributed by atoms with Crippen molar-refractivity contribution in [1.82, 2.24) is 4.57 Å². The number of carbonyl (C=O) groups is 1. The van der Waals surface area contributed by atoms with Crippen LogP contribution in [0.1, 0.15) is 51.8 Å². The largest absolute Gasteiger partial charge is 0.493 e. The van der Waals surface area contributed by atoms with E-state index < -0.39 is 12.0 Å². The molecule has 8 nitrogen and oxygen atoms in total. The van der Waals surface area contributed by atoms with Crippen LogP contribution >= 0.6 is 27.3 Å². The molecule has 1 aliphatic heterocycles. The molecule has 39 heavy (non-hydrogen) atoms. The maximum Gasteiger partial charge on any atom is 0.338 e. The van der Waals surface area contributed by atoms with Crippen molar-refractivity contribution in [2.75, 3.05) is 20.3 Å². The molecule has 1 aliphatic rings. The Morgan fingerprint density at radius 1 is 1.15 bits per heavy atom. The lowest BCUT2D eigenvalue weighted by molar-refractivity contribution is -0.139. The zero-order valence-corrected chi connectivity index (χ0v) is 25.1. The van der Waals surface area contributed by atoms with E-state index in [1.807, 2.05) is 51.1 Å². The lowest BCUT2D eigenvalue weighted by Crippen LogP contribution is -2.40. The number of rotatable bonds is 9. The average Bonchev–Trinajstić information content (AvgIpc) is 3.19. The van der Waals surface area contributed by atoms with E-state index in [9.17, 15) is 9.59 Å². The van der Waals surface area contributed by atoms with Crippen molar-refractivity contribution in [1.29, 1.82) is 0 Å². The number of ether oxygens (including phenoxy) is 4. The van der Waals surface area contributed by atoms with E-state index in [1.54, 1.807) is 37.7 Å². The fourth-order valence-corrected chi connectivity index (χ4v) is 5.93. The number of benzene rings is 2. The Bertz CT molecular complexity index is 1590. The summed E-state index contributed by atoms with van der Waals surface area (Å²) in [6, 6.07) is 10.3. The number of methoxy groups -OCH3 is 1. The van der Waals surface area contributed by atoms with Crippen LogP contribution in [0.15, 0.2) is 61.9 Å². The van der Waals surface area contributed by atoms with Crippen molar-refractivity contribution in [3.05, 3.63) is 83.0 Å². The van der Waals surface area contributed by atoms with Gasteiger partial charge in [-0.05, 0) is 76.1 Å². The number of carbonyl (C=O) groups excluding carboxylic acids is 1. The lowest BCUT2D eigenvalue weighted by Gasteiger charge is -2.26. The lowest BCUT2D eigenvalue weighted by atomic mass is 9.95. The first-order chi connectivity index (χ1) is 18.7. The number of hydrogen-bond donors (Lipinski definition) is 0. The molecule has 2 aromatic carbocycles. The van der Waals surface area contributed by atoms with Crippen molar-refractivity contribution in [3.63, 3.8) is 0 Å². The number of aromatic nitrogens is 1. The van der Waals surface area contributed by atoms with E-state index in [-0.39, 0.29) is 23.8 Å². The Labute approximate surface area is 239 Å². The van der Waals surface area contributed by atoms with Crippen LogP contribution in [-0.2, 0) is 9.53 Å². The van der Waals surface area contributed by atoms with Crippen LogP contribution < -0.4 is 29.1 Å². The van der Waals surface area contributed by atoms with Gasteiger partial charge in [-0.1, -0.05) is 39.4 Å². The Morgan fingerprint density at radius 3 is 2.49 bits per heavy atom. The van der Waals surface area contributed by atoms with Gasteiger partial charge in [0.25, 0.3) is 5.56 Å². The van der Waals surface area contributed by atoms with Crippen LogP contribution in [0.3, 0.4) is 0 Å². The number of nitrogens with zero attached hydrogens (tertiary/aromatic N) is 2. The van der Waals surface area contributed by atoms with Crippen LogP contribution in [0.4, 0.5) is 0 Å². The van der Waals surface area contributed by atoms with E-state index >= 15 is 0 Å². The Hall–Kier alpha value is -3.37. The molecule has 206 valence electrons. The monoisotopic (exact) mass is 614 g/mol. The van der Waals surface area contributed by atoms with Gasteiger partial charge in [-0.3, -0.25) is 9.36 Å². The fraction of sp³-hybridized carbons (Fsp3) is 0.345. The summed E-state index contributed by atoms with van der Waals surface area (Å²) in [6.07, 6.45) is 1.88. The molecule has 0 saturated heterocycles. The predicted octanol–water partition coefficient (Wildman–Crippen LogP) is 4.76. The van der Waals surface area contributed by atoms with Crippen molar-refractivity contribution in [3.8, 4) is 17.2 Å². The van der Waals surface area contributed by atoms with Gasteiger partial charge in [0.15, 0.2) is 16.3 Å². The predicted molar refractivity (Wildman–Crippen MR) is 154 cm³/mol. The Kier molecular flexibility index (Phi) is 8.97. The van der Waals surface area contributed by atoms with Crippen LogP contribution in [0, 0.1) is 0 Å². The number of thiazole rings is 1. The SMILES string of the molecule is CCOC(=O)C1=C(C)N=c2s/c(=C/c3ccc(OC(C)C)cc3)c(=O)n2[C@@H]1c1cc(OC)c(OCC)cc1Br. The van der Waals surface area contributed by atoms with Crippen molar-refractivity contribution >= 4 is 39.3 Å². The van der Waals surface area contributed by atoms with Gasteiger partial charge in [-0.2, -0.15) is 0 Å². The van der Waals surface area contributed by atoms with Crippen molar-refractivity contribution in [2.24, 2.45) is 4.99 Å². The van der Waals surface area contributed by atoms with E-state index in [2.05, 4.69) is 20.9 Å². The van der Waals surface area contributed by atoms with Crippen LogP contribution in [0.5, 0.6) is 17.2 Å². The molecule has 0 saturated carbocycles. The van der Waals surface area contributed by atoms with Gasteiger partial charge in [-0.25, -0.2) is 9.79 Å². The molecule has 0 spiro atoms. The molecule has 3 aromatic rings. The highest BCUT2D eigenvalue weighted by Crippen LogP contribution is 2.41. The maximum atomic E-state index is 13.9. The highest BCUT2D eigenvalue weighted by molar-refractivity contribution is 9.10. The highest BCUT2D eigenvalue weighted by atomic mass is 79.9. The van der Waals surface area contributed by atoms with Gasteiger partial charge in [0.2, 0.25) is 0 Å². The quantitative estimate of drug-likeness (QED) is 0.323. The maximum absolute atomic E-state index is 13.9. The summed E-state index contributed by atoms with van der Waals surface area (Å²) in [5.41, 5.74) is 2.01. The minimum absolute atomic E-state index is 0.0666. The minimum Gasteiger partial charge on any atom is -0.493 e. The normalized spacial score (nSPS) is 15.2. The molecule has 0 N–H and O–H groups in total. The van der Waals surface area contributed by atoms with E-state index in [0.29, 0.717) is 43.2 Å². The molecule has 0 unspecified atom stereocenters. The molecular formula is C29H31BrN2O6S. The number of allylic oxidation sites excluding steroid dienone is 1. The first kappa shape index (κ1) is 28.6. The van der Waals surface area contributed by atoms with Gasteiger partial charge in [0, 0.05) is 4.47 Å². The standard InChI is InChI=1S/C29H31BrN2O6S/c1-7-36-23-15-21(30)20(14-22(23)35-6)26-25(28(34)37-8-2)17(5)31-29-32(26)27(33)24(39-29)13-18-9-11-19(12-10-18)38-16(3)4/h9-16,26H,7-8H2,1-6H3/b24-13+/t26-/m1/s1. The molecule has 0 amide bonds. The van der Waals surface area contributed by atoms with Crippen LogP contribution in [-0.4, -0.2) is 37.0 Å². The molecule has 0 radical (unpaired) electrons. The van der Waals surface area contributed by atoms with Gasteiger partial charge < -0.3 is 18.9 Å². The van der Waals surface area contributed by atoms with Crippen molar-refractivity contribution in [2.45, 2.75) is 46.8 Å². The molecule has 2 heterocycles. The van der Waals surface area contributed by atoms with Gasteiger partial charge in [-0.15, -0.1) is 0 Å².